The number of nitrogens with zero attached hydrogens (tertiary/aromatic N) is 4. The van der Waals surface area contributed by atoms with Crippen LogP contribution in [0.1, 0.15) is 26.2 Å². The minimum Gasteiger partial charge on any atom is -0.490 e. The molecule has 0 aliphatic carbocycles. The highest BCUT2D eigenvalue weighted by molar-refractivity contribution is 6.37. The lowest BCUT2D eigenvalue weighted by Gasteiger charge is -2.40. The Morgan fingerprint density at radius 2 is 1.97 bits per heavy atom. The molecule has 2 heterocycles. The van der Waals surface area contributed by atoms with Gasteiger partial charge in [-0.15, -0.1) is 0 Å². The summed E-state index contributed by atoms with van der Waals surface area (Å²) in [5, 5.41) is 5.61. The molecule has 185 valence electrons. The number of aliphatic imine (C=N–C) groups is 1. The average Bonchev–Trinajstić information content (AvgIpc) is 3.28. The maximum absolute atomic E-state index is 13.6. The smallest absolute Gasteiger partial charge is 0.249 e. The number of hydrogen-bond donors (Lipinski definition) is 0. The van der Waals surface area contributed by atoms with E-state index < -0.39 is 17.3 Å². The minimum absolute atomic E-state index is 0.00204. The molecule has 0 saturated carbocycles. The van der Waals surface area contributed by atoms with E-state index in [1.165, 1.54) is 23.4 Å². The summed E-state index contributed by atoms with van der Waals surface area (Å²) in [6.45, 7) is 4.66. The Kier molecular flexibility index (Phi) is 8.02. The molecule has 1 saturated heterocycles. The van der Waals surface area contributed by atoms with Crippen LogP contribution >= 0.6 is 0 Å². The zero-order valence-electron chi connectivity index (χ0n) is 20.1. The van der Waals surface area contributed by atoms with E-state index in [0.717, 1.165) is 12.8 Å². The van der Waals surface area contributed by atoms with Crippen molar-refractivity contribution >= 4 is 37.0 Å². The molecule has 0 N–H and O–H groups in total. The van der Waals surface area contributed by atoms with Crippen molar-refractivity contribution in [2.45, 2.75) is 31.8 Å². The van der Waals surface area contributed by atoms with Crippen LogP contribution < -0.4 is 14.9 Å². The molecule has 0 aromatic heterocycles. The second-order valence-electron chi connectivity index (χ2n) is 8.97. The van der Waals surface area contributed by atoms with Gasteiger partial charge in [0.2, 0.25) is 11.8 Å². The van der Waals surface area contributed by atoms with Crippen LogP contribution in [0.25, 0.3) is 0 Å². The zero-order chi connectivity index (χ0) is 25.5. The van der Waals surface area contributed by atoms with Gasteiger partial charge in [0, 0.05) is 6.54 Å². The predicted molar refractivity (Wildman–Crippen MR) is 135 cm³/mol. The van der Waals surface area contributed by atoms with Gasteiger partial charge >= 0.3 is 0 Å². The Morgan fingerprint density at radius 3 is 2.75 bits per heavy atom. The number of likely N-dealkylation sites (tertiary alicyclic amines) is 1. The number of carbonyl (C=O) groups excluding carboxylic acids is 2. The minimum atomic E-state index is -0.508. The Balaban J connectivity index is 1.23. The van der Waals surface area contributed by atoms with Gasteiger partial charge in [0.1, 0.15) is 32.3 Å². The molecule has 1 atom stereocenters. The molecule has 2 aliphatic heterocycles. The van der Waals surface area contributed by atoms with E-state index >= 15 is 0 Å². The number of hydrogen-bond acceptors (Lipinski definition) is 6. The fourth-order valence-electron chi connectivity index (χ4n) is 4.07. The van der Waals surface area contributed by atoms with Crippen LogP contribution in [0, 0.1) is 12.4 Å². The van der Waals surface area contributed by atoms with Crippen LogP contribution in [-0.4, -0.2) is 73.3 Å². The zero-order valence-corrected chi connectivity index (χ0v) is 20.1. The molecule has 3 radical (unpaired) electrons. The number of rotatable bonds is 8. The van der Waals surface area contributed by atoms with Crippen LogP contribution in [0.4, 0.5) is 4.39 Å². The molecule has 8 nitrogen and oxygen atoms in total. The molecule has 4 rings (SSSR count). The normalized spacial score (nSPS) is 20.6. The first-order valence-electron chi connectivity index (χ1n) is 11.8. The van der Waals surface area contributed by atoms with E-state index in [1.54, 1.807) is 35.7 Å². The number of piperidine rings is 1. The summed E-state index contributed by atoms with van der Waals surface area (Å²) in [6.07, 6.45) is 3.06. The van der Waals surface area contributed by atoms with E-state index in [4.69, 9.17) is 17.3 Å². The molecule has 0 spiro atoms. The van der Waals surface area contributed by atoms with Crippen molar-refractivity contribution in [2.24, 2.45) is 10.1 Å². The highest BCUT2D eigenvalue weighted by Gasteiger charge is 2.35. The van der Waals surface area contributed by atoms with Crippen LogP contribution in [0.2, 0.25) is 0 Å². The molecule has 1 unspecified atom stereocenters. The van der Waals surface area contributed by atoms with Crippen molar-refractivity contribution in [2.75, 3.05) is 26.2 Å². The maximum Gasteiger partial charge on any atom is 0.249 e. The molecule has 2 aromatic carbocycles. The third kappa shape index (κ3) is 6.93. The molecule has 1 fully saturated rings. The van der Waals surface area contributed by atoms with Gasteiger partial charge in [-0.2, -0.15) is 5.10 Å². The molecule has 36 heavy (non-hydrogen) atoms. The van der Waals surface area contributed by atoms with Gasteiger partial charge in [-0.3, -0.25) is 14.6 Å². The van der Waals surface area contributed by atoms with E-state index in [0.29, 0.717) is 30.0 Å². The Labute approximate surface area is 211 Å². The third-order valence-corrected chi connectivity index (χ3v) is 5.84. The lowest BCUT2D eigenvalue weighted by atomic mass is 9.94. The first kappa shape index (κ1) is 25.4. The summed E-state index contributed by atoms with van der Waals surface area (Å²) >= 11 is 0. The number of benzene rings is 2. The van der Waals surface area contributed by atoms with Crippen molar-refractivity contribution in [3.63, 3.8) is 0 Å². The van der Waals surface area contributed by atoms with Crippen LogP contribution in [0.5, 0.6) is 11.5 Å². The average molecular weight is 489 g/mol. The molecule has 2 aliphatic rings. The summed E-state index contributed by atoms with van der Waals surface area (Å²) in [5.74, 6) is -0.212. The van der Waals surface area contributed by atoms with Crippen LogP contribution in [0.3, 0.4) is 0 Å². The van der Waals surface area contributed by atoms with Crippen molar-refractivity contribution in [3.8, 4) is 11.5 Å². The summed E-state index contributed by atoms with van der Waals surface area (Å²) in [7, 11) is 5.74. The number of ether oxygens (including phenoxy) is 2. The molecule has 2 amide bonds. The number of halogens is 1. The Bertz CT molecular complexity index is 1160. The van der Waals surface area contributed by atoms with E-state index in [2.05, 4.69) is 10.1 Å². The molecule has 10 heteroatoms. The quantitative estimate of drug-likeness (QED) is 0.532. The summed E-state index contributed by atoms with van der Waals surface area (Å²) in [6, 6.07) is 13.2. The Morgan fingerprint density at radius 1 is 1.19 bits per heavy atom. The number of carbonyl (C=O) groups is 2. The lowest BCUT2D eigenvalue weighted by molar-refractivity contribution is -0.137. The number of amides is 2. The van der Waals surface area contributed by atoms with Gasteiger partial charge in [0.25, 0.3) is 0 Å². The number of para-hydroxylation sites is 1. The van der Waals surface area contributed by atoms with Crippen molar-refractivity contribution in [3.05, 3.63) is 60.9 Å². The van der Waals surface area contributed by atoms with Gasteiger partial charge < -0.3 is 14.4 Å². The second-order valence-corrected chi connectivity index (χ2v) is 8.97. The molecule has 0 bridgehead atoms. The monoisotopic (exact) mass is 489 g/mol. The van der Waals surface area contributed by atoms with Crippen molar-refractivity contribution in [1.29, 1.82) is 0 Å². The summed E-state index contributed by atoms with van der Waals surface area (Å²) in [4.78, 5) is 30.8. The maximum atomic E-state index is 13.6. The third-order valence-electron chi connectivity index (χ3n) is 5.84. The van der Waals surface area contributed by atoms with Gasteiger partial charge in [0.15, 0.2) is 11.6 Å². The topological polar surface area (TPSA) is 83.8 Å². The number of hydrazone groups is 1. The standard InChI is InChI=1S/C26H27BFN4O4/c1-26(36-21-9-7-19(27)8-10-21)12-4-13-31(18-26)25(34)17-32-16-20(15-29-32)30-24(33)11-14-35-23-6-3-2-5-22(23)28/h2-3,5-10,15-16H,4,11-14,17-18H2,1H3. The van der Waals surface area contributed by atoms with Gasteiger partial charge in [-0.05, 0) is 44.0 Å². The molecular weight excluding hydrogens is 462 g/mol. The van der Waals surface area contributed by atoms with E-state index in [9.17, 15) is 14.0 Å². The van der Waals surface area contributed by atoms with Crippen LogP contribution in [-0.2, 0) is 9.59 Å². The van der Waals surface area contributed by atoms with Gasteiger partial charge in [-0.25, -0.2) is 9.38 Å². The van der Waals surface area contributed by atoms with Crippen LogP contribution in [0.15, 0.2) is 58.6 Å². The van der Waals surface area contributed by atoms with Gasteiger partial charge in [0.05, 0.1) is 31.5 Å². The lowest BCUT2D eigenvalue weighted by Crippen LogP contribution is -2.53. The highest BCUT2D eigenvalue weighted by atomic mass is 19.1. The summed E-state index contributed by atoms with van der Waals surface area (Å²) < 4.78 is 25.0. The first-order chi connectivity index (χ1) is 17.3. The fourth-order valence-corrected chi connectivity index (χ4v) is 4.07. The SMILES string of the molecule is [B]c1ccc(OC2(C)CCCN(C(=O)CN3[CH]C(=NC(=O)CCOc4ccccc4F)C=N3)C2)cc1. The van der Waals surface area contributed by atoms with Crippen molar-refractivity contribution < 1.29 is 23.5 Å². The second kappa shape index (κ2) is 11.4. The van der Waals surface area contributed by atoms with E-state index in [-0.39, 0.29) is 31.2 Å². The van der Waals surface area contributed by atoms with E-state index in [1.807, 2.05) is 19.1 Å². The predicted octanol–water partition coefficient (Wildman–Crippen LogP) is 2.28. The largest absolute Gasteiger partial charge is 0.490 e. The summed E-state index contributed by atoms with van der Waals surface area (Å²) in [5.41, 5.74) is 0.496. The van der Waals surface area contributed by atoms with Crippen molar-refractivity contribution in [1.82, 2.24) is 9.91 Å². The first-order valence-corrected chi connectivity index (χ1v) is 11.8. The highest BCUT2D eigenvalue weighted by Crippen LogP contribution is 2.27. The Hall–Kier alpha value is -3.69. The fraction of sp³-hybridized carbons (Fsp3) is 0.346. The molecular formula is C26H27BFN4O4. The molecule has 2 aromatic rings. The van der Waals surface area contributed by atoms with Gasteiger partial charge in [-0.1, -0.05) is 29.7 Å².